The van der Waals surface area contributed by atoms with Crippen LogP contribution in [0.4, 0.5) is 4.79 Å². The second-order valence-corrected chi connectivity index (χ2v) is 3.98. The normalized spacial score (nSPS) is 9.46. The van der Waals surface area contributed by atoms with Crippen LogP contribution in [0.1, 0.15) is 0 Å². The van der Waals surface area contributed by atoms with E-state index in [-0.39, 0.29) is 0 Å². The van der Waals surface area contributed by atoms with Crippen molar-refractivity contribution in [2.45, 2.75) is 0 Å². The van der Waals surface area contributed by atoms with E-state index < -0.39 is 6.09 Å². The standard InChI is InChI=1S/C8H7Br2NO2/c1-11-8(12)13-7-3-2-5(9)4-6(7)10/h2-4H,1H3,(H,11,12). The number of carbonyl (C=O) groups is 1. The Morgan fingerprint density at radius 3 is 2.69 bits per heavy atom. The van der Waals surface area contributed by atoms with Crippen LogP contribution in [0.3, 0.4) is 0 Å². The number of hydrogen-bond donors (Lipinski definition) is 1. The Balaban J connectivity index is 2.83. The highest BCUT2D eigenvalue weighted by Crippen LogP contribution is 2.28. The highest BCUT2D eigenvalue weighted by molar-refractivity contribution is 9.11. The Morgan fingerprint density at radius 2 is 2.15 bits per heavy atom. The molecule has 0 fully saturated rings. The Morgan fingerprint density at radius 1 is 1.46 bits per heavy atom. The van der Waals surface area contributed by atoms with Crippen molar-refractivity contribution in [2.75, 3.05) is 7.05 Å². The quantitative estimate of drug-likeness (QED) is 0.866. The van der Waals surface area contributed by atoms with Crippen molar-refractivity contribution in [3.8, 4) is 5.75 Å². The highest BCUT2D eigenvalue weighted by atomic mass is 79.9. The third-order valence-corrected chi connectivity index (χ3v) is 2.41. The lowest BCUT2D eigenvalue weighted by molar-refractivity contribution is 0.202. The molecule has 1 amide bonds. The van der Waals surface area contributed by atoms with Gasteiger partial charge in [-0.1, -0.05) is 15.9 Å². The molecule has 5 heteroatoms. The van der Waals surface area contributed by atoms with Crippen LogP contribution in [-0.2, 0) is 0 Å². The van der Waals surface area contributed by atoms with E-state index in [9.17, 15) is 4.79 Å². The zero-order valence-electron chi connectivity index (χ0n) is 6.80. The van der Waals surface area contributed by atoms with Crippen molar-refractivity contribution < 1.29 is 9.53 Å². The number of benzene rings is 1. The van der Waals surface area contributed by atoms with Crippen LogP contribution in [0.2, 0.25) is 0 Å². The van der Waals surface area contributed by atoms with E-state index >= 15 is 0 Å². The summed E-state index contributed by atoms with van der Waals surface area (Å²) >= 11 is 6.56. The van der Waals surface area contributed by atoms with Gasteiger partial charge in [0.1, 0.15) is 5.75 Å². The van der Waals surface area contributed by atoms with E-state index in [1.165, 1.54) is 7.05 Å². The minimum atomic E-state index is -0.483. The minimum Gasteiger partial charge on any atom is -0.409 e. The molecule has 3 nitrogen and oxygen atoms in total. The molecule has 0 spiro atoms. The molecule has 1 rings (SSSR count). The molecular formula is C8H7Br2NO2. The zero-order valence-corrected chi connectivity index (χ0v) is 9.98. The molecule has 0 aliphatic rings. The van der Waals surface area contributed by atoms with Gasteiger partial charge in [-0.05, 0) is 34.1 Å². The fourth-order valence-corrected chi connectivity index (χ4v) is 1.84. The second-order valence-electron chi connectivity index (χ2n) is 2.21. The zero-order chi connectivity index (χ0) is 9.84. The van der Waals surface area contributed by atoms with Crippen molar-refractivity contribution in [1.29, 1.82) is 0 Å². The molecule has 0 bridgehead atoms. The summed E-state index contributed by atoms with van der Waals surface area (Å²) in [5.41, 5.74) is 0. The van der Waals surface area contributed by atoms with E-state index in [0.717, 1.165) is 8.95 Å². The van der Waals surface area contributed by atoms with Crippen LogP contribution in [0.15, 0.2) is 27.1 Å². The summed E-state index contributed by atoms with van der Waals surface area (Å²) in [6.07, 6.45) is -0.483. The van der Waals surface area contributed by atoms with E-state index in [2.05, 4.69) is 37.2 Å². The molecule has 1 aromatic rings. The molecular weight excluding hydrogens is 302 g/mol. The number of rotatable bonds is 1. The van der Waals surface area contributed by atoms with Gasteiger partial charge in [0.15, 0.2) is 0 Å². The maximum atomic E-state index is 10.9. The maximum Gasteiger partial charge on any atom is 0.412 e. The molecule has 13 heavy (non-hydrogen) atoms. The Kier molecular flexibility index (Phi) is 3.74. The van der Waals surface area contributed by atoms with Crippen molar-refractivity contribution in [1.82, 2.24) is 5.32 Å². The van der Waals surface area contributed by atoms with Crippen molar-refractivity contribution in [2.24, 2.45) is 0 Å². The maximum absolute atomic E-state index is 10.9. The average molecular weight is 309 g/mol. The summed E-state index contributed by atoms with van der Waals surface area (Å²) in [6.45, 7) is 0. The molecule has 0 radical (unpaired) electrons. The van der Waals surface area contributed by atoms with E-state index in [1.807, 2.05) is 0 Å². The van der Waals surface area contributed by atoms with Gasteiger partial charge < -0.3 is 10.1 Å². The van der Waals surface area contributed by atoms with Crippen LogP contribution in [0.25, 0.3) is 0 Å². The summed E-state index contributed by atoms with van der Waals surface area (Å²) in [5, 5.41) is 2.36. The first-order valence-corrected chi connectivity index (χ1v) is 5.06. The van der Waals surface area contributed by atoms with Crippen LogP contribution >= 0.6 is 31.9 Å². The third kappa shape index (κ3) is 3.00. The van der Waals surface area contributed by atoms with Gasteiger partial charge in [0.25, 0.3) is 0 Å². The predicted octanol–water partition coefficient (Wildman–Crippen LogP) is 2.93. The first-order chi connectivity index (χ1) is 6.13. The van der Waals surface area contributed by atoms with Gasteiger partial charge in [-0.3, -0.25) is 0 Å². The van der Waals surface area contributed by atoms with Crippen LogP contribution in [0, 0.1) is 0 Å². The van der Waals surface area contributed by atoms with Crippen LogP contribution in [0.5, 0.6) is 5.75 Å². The molecule has 0 atom stereocenters. The summed E-state index contributed by atoms with van der Waals surface area (Å²) < 4.78 is 6.58. The van der Waals surface area contributed by atoms with Gasteiger partial charge in [0, 0.05) is 11.5 Å². The lowest BCUT2D eigenvalue weighted by Crippen LogP contribution is -2.22. The second kappa shape index (κ2) is 4.62. The van der Waals surface area contributed by atoms with Gasteiger partial charge >= 0.3 is 6.09 Å². The van der Waals surface area contributed by atoms with E-state index in [1.54, 1.807) is 18.2 Å². The molecule has 0 aliphatic carbocycles. The number of hydrogen-bond acceptors (Lipinski definition) is 2. The molecule has 70 valence electrons. The molecule has 0 heterocycles. The minimum absolute atomic E-state index is 0.483. The first kappa shape index (κ1) is 10.5. The fraction of sp³-hybridized carbons (Fsp3) is 0.125. The smallest absolute Gasteiger partial charge is 0.409 e. The highest BCUT2D eigenvalue weighted by Gasteiger charge is 2.05. The van der Waals surface area contributed by atoms with Gasteiger partial charge in [-0.2, -0.15) is 0 Å². The summed E-state index contributed by atoms with van der Waals surface area (Å²) in [5.74, 6) is 0.488. The molecule has 0 unspecified atom stereocenters. The van der Waals surface area contributed by atoms with Gasteiger partial charge in [-0.25, -0.2) is 4.79 Å². The van der Waals surface area contributed by atoms with E-state index in [0.29, 0.717) is 5.75 Å². The van der Waals surface area contributed by atoms with Crippen molar-refractivity contribution in [3.63, 3.8) is 0 Å². The number of ether oxygens (including phenoxy) is 1. The Labute approximate surface area is 92.7 Å². The number of nitrogens with one attached hydrogen (secondary N) is 1. The monoisotopic (exact) mass is 307 g/mol. The molecule has 1 N–H and O–H groups in total. The Bertz CT molecular complexity index is 328. The topological polar surface area (TPSA) is 38.3 Å². The molecule has 0 saturated heterocycles. The van der Waals surface area contributed by atoms with Gasteiger partial charge in [0.05, 0.1) is 4.47 Å². The average Bonchev–Trinajstić information content (AvgIpc) is 2.09. The van der Waals surface area contributed by atoms with Crippen LogP contribution in [-0.4, -0.2) is 13.1 Å². The van der Waals surface area contributed by atoms with Crippen molar-refractivity contribution in [3.05, 3.63) is 27.1 Å². The van der Waals surface area contributed by atoms with Gasteiger partial charge in [-0.15, -0.1) is 0 Å². The SMILES string of the molecule is CNC(=O)Oc1ccc(Br)cc1Br. The third-order valence-electron chi connectivity index (χ3n) is 1.30. The summed E-state index contributed by atoms with van der Waals surface area (Å²) in [6, 6.07) is 5.30. The van der Waals surface area contributed by atoms with Crippen molar-refractivity contribution >= 4 is 38.0 Å². The largest absolute Gasteiger partial charge is 0.412 e. The molecule has 1 aromatic carbocycles. The lowest BCUT2D eigenvalue weighted by atomic mass is 10.3. The fourth-order valence-electron chi connectivity index (χ4n) is 0.709. The van der Waals surface area contributed by atoms with Crippen LogP contribution < -0.4 is 10.1 Å². The molecule has 0 aromatic heterocycles. The Hall–Kier alpha value is -0.550. The predicted molar refractivity (Wildman–Crippen MR) is 56.9 cm³/mol. The summed E-state index contributed by atoms with van der Waals surface area (Å²) in [4.78, 5) is 10.9. The van der Waals surface area contributed by atoms with E-state index in [4.69, 9.17) is 4.74 Å². The number of halogens is 2. The lowest BCUT2D eigenvalue weighted by Gasteiger charge is -2.05. The molecule has 0 saturated carbocycles. The van der Waals surface area contributed by atoms with Gasteiger partial charge in [0.2, 0.25) is 0 Å². The first-order valence-electron chi connectivity index (χ1n) is 3.48. The number of carbonyl (C=O) groups excluding carboxylic acids is 1. The molecule has 0 aliphatic heterocycles. The summed E-state index contributed by atoms with van der Waals surface area (Å²) in [7, 11) is 1.51. The number of amides is 1.